The van der Waals surface area contributed by atoms with Crippen LogP contribution in [0.15, 0.2) is 15.7 Å². The number of pyridine rings is 1. The number of aromatic nitrogens is 1. The van der Waals surface area contributed by atoms with Crippen LogP contribution in [0, 0.1) is 0 Å². The maximum absolute atomic E-state index is 11.6. The van der Waals surface area contributed by atoms with Gasteiger partial charge in [-0.2, -0.15) is 0 Å². The summed E-state index contributed by atoms with van der Waals surface area (Å²) in [6.07, 6.45) is 1.67. The van der Waals surface area contributed by atoms with E-state index in [-0.39, 0.29) is 5.97 Å². The van der Waals surface area contributed by atoms with Gasteiger partial charge in [-0.05, 0) is 28.9 Å². The second-order valence-electron chi connectivity index (χ2n) is 3.04. The summed E-state index contributed by atoms with van der Waals surface area (Å²) in [6.45, 7) is 2.67. The Labute approximate surface area is 95.5 Å². The van der Waals surface area contributed by atoms with Crippen molar-refractivity contribution in [2.75, 3.05) is 6.61 Å². The van der Waals surface area contributed by atoms with Crippen LogP contribution in [0.1, 0.15) is 28.5 Å². The van der Waals surface area contributed by atoms with Gasteiger partial charge in [0, 0.05) is 11.8 Å². The highest BCUT2D eigenvalue weighted by molar-refractivity contribution is 9.10. The van der Waals surface area contributed by atoms with E-state index in [4.69, 9.17) is 4.74 Å². The minimum absolute atomic E-state index is 0.329. The van der Waals surface area contributed by atoms with Gasteiger partial charge in [0.05, 0.1) is 24.4 Å². The molecule has 0 fully saturated rings. The SMILES string of the molecule is CCOC(=O)c1cc(Br)nc2c1C=NC2. The predicted octanol–water partition coefficient (Wildman–Crippen LogP) is 1.95. The van der Waals surface area contributed by atoms with Crippen molar-refractivity contribution in [1.82, 2.24) is 4.98 Å². The molecule has 0 atom stereocenters. The third-order valence-electron chi connectivity index (χ3n) is 2.06. The van der Waals surface area contributed by atoms with Crippen molar-refractivity contribution < 1.29 is 9.53 Å². The van der Waals surface area contributed by atoms with Crippen LogP contribution in [0.25, 0.3) is 0 Å². The van der Waals surface area contributed by atoms with Gasteiger partial charge in [0.2, 0.25) is 0 Å². The van der Waals surface area contributed by atoms with Crippen molar-refractivity contribution in [3.63, 3.8) is 0 Å². The van der Waals surface area contributed by atoms with Gasteiger partial charge in [0.15, 0.2) is 0 Å². The van der Waals surface area contributed by atoms with E-state index in [2.05, 4.69) is 25.9 Å². The second kappa shape index (κ2) is 4.10. The summed E-state index contributed by atoms with van der Waals surface area (Å²) >= 11 is 3.26. The molecule has 1 aromatic rings. The third kappa shape index (κ3) is 1.92. The fourth-order valence-electron chi connectivity index (χ4n) is 1.44. The summed E-state index contributed by atoms with van der Waals surface area (Å²) in [4.78, 5) is 19.9. The molecule has 0 N–H and O–H groups in total. The van der Waals surface area contributed by atoms with E-state index in [9.17, 15) is 4.79 Å². The van der Waals surface area contributed by atoms with E-state index in [1.807, 2.05) is 0 Å². The van der Waals surface area contributed by atoms with E-state index in [1.54, 1.807) is 19.2 Å². The normalized spacial score (nSPS) is 12.7. The molecule has 0 aromatic carbocycles. The van der Waals surface area contributed by atoms with Crippen LogP contribution in [0.5, 0.6) is 0 Å². The summed E-state index contributed by atoms with van der Waals surface area (Å²) in [7, 11) is 0. The molecule has 0 radical (unpaired) electrons. The molecule has 1 aliphatic heterocycles. The number of hydrogen-bond acceptors (Lipinski definition) is 4. The highest BCUT2D eigenvalue weighted by atomic mass is 79.9. The number of ether oxygens (including phenoxy) is 1. The van der Waals surface area contributed by atoms with Crippen LogP contribution in [0.2, 0.25) is 0 Å². The summed E-state index contributed by atoms with van der Waals surface area (Å²) in [5.74, 6) is -0.329. The lowest BCUT2D eigenvalue weighted by Gasteiger charge is -2.06. The number of carbonyl (C=O) groups excluding carboxylic acids is 1. The molecule has 1 aliphatic rings. The molecule has 1 aromatic heterocycles. The zero-order valence-corrected chi connectivity index (χ0v) is 9.74. The molecule has 0 unspecified atom stereocenters. The number of esters is 1. The maximum Gasteiger partial charge on any atom is 0.338 e. The van der Waals surface area contributed by atoms with Crippen molar-refractivity contribution in [2.45, 2.75) is 13.5 Å². The topological polar surface area (TPSA) is 51.5 Å². The largest absolute Gasteiger partial charge is 0.462 e. The molecule has 0 spiro atoms. The van der Waals surface area contributed by atoms with E-state index in [1.165, 1.54) is 0 Å². The van der Waals surface area contributed by atoms with E-state index < -0.39 is 0 Å². The first-order valence-electron chi connectivity index (χ1n) is 4.58. The van der Waals surface area contributed by atoms with Gasteiger partial charge in [-0.25, -0.2) is 9.78 Å². The number of aliphatic imine (C=N–C) groups is 1. The van der Waals surface area contributed by atoms with Gasteiger partial charge < -0.3 is 4.74 Å². The zero-order chi connectivity index (χ0) is 10.8. The molecule has 0 saturated carbocycles. The standard InChI is InChI=1S/C10H9BrN2O2/c1-2-15-10(14)6-3-9(11)13-8-5-12-4-7(6)8/h3-4H,2,5H2,1H3. The Morgan fingerprint density at radius 3 is 3.20 bits per heavy atom. The monoisotopic (exact) mass is 268 g/mol. The van der Waals surface area contributed by atoms with Crippen molar-refractivity contribution in [1.29, 1.82) is 0 Å². The molecule has 0 aliphatic carbocycles. The first-order chi connectivity index (χ1) is 7.22. The van der Waals surface area contributed by atoms with Crippen molar-refractivity contribution >= 4 is 28.1 Å². The fourth-order valence-corrected chi connectivity index (χ4v) is 1.88. The Hall–Kier alpha value is -1.23. The number of hydrogen-bond donors (Lipinski definition) is 0. The molecule has 78 valence electrons. The van der Waals surface area contributed by atoms with E-state index in [0.29, 0.717) is 23.3 Å². The van der Waals surface area contributed by atoms with Crippen molar-refractivity contribution in [2.24, 2.45) is 4.99 Å². The van der Waals surface area contributed by atoms with Crippen LogP contribution < -0.4 is 0 Å². The van der Waals surface area contributed by atoms with Crippen LogP contribution >= 0.6 is 15.9 Å². The Kier molecular flexibility index (Phi) is 2.81. The maximum atomic E-state index is 11.6. The minimum atomic E-state index is -0.329. The lowest BCUT2D eigenvalue weighted by Crippen LogP contribution is -2.09. The van der Waals surface area contributed by atoms with Gasteiger partial charge in [0.25, 0.3) is 0 Å². The zero-order valence-electron chi connectivity index (χ0n) is 8.16. The number of carbonyl (C=O) groups is 1. The molecule has 2 heterocycles. The highest BCUT2D eigenvalue weighted by Gasteiger charge is 2.19. The first-order valence-corrected chi connectivity index (χ1v) is 5.38. The van der Waals surface area contributed by atoms with Crippen LogP contribution in [0.4, 0.5) is 0 Å². The molecule has 2 rings (SSSR count). The van der Waals surface area contributed by atoms with Gasteiger partial charge >= 0.3 is 5.97 Å². The van der Waals surface area contributed by atoms with Gasteiger partial charge in [-0.15, -0.1) is 0 Å². The molecule has 0 saturated heterocycles. The summed E-state index contributed by atoms with van der Waals surface area (Å²) in [6, 6.07) is 1.66. The van der Waals surface area contributed by atoms with Crippen molar-refractivity contribution in [3.05, 3.63) is 27.5 Å². The highest BCUT2D eigenvalue weighted by Crippen LogP contribution is 2.21. The number of fused-ring (bicyclic) bond motifs is 1. The van der Waals surface area contributed by atoms with Crippen molar-refractivity contribution in [3.8, 4) is 0 Å². The fraction of sp³-hybridized carbons (Fsp3) is 0.300. The predicted molar refractivity (Wildman–Crippen MR) is 59.2 cm³/mol. The molecular formula is C10H9BrN2O2. The van der Waals surface area contributed by atoms with E-state index in [0.717, 1.165) is 11.3 Å². The Morgan fingerprint density at radius 1 is 1.67 bits per heavy atom. The Bertz CT molecular complexity index is 443. The number of rotatable bonds is 2. The molecule has 0 amide bonds. The van der Waals surface area contributed by atoms with Crippen LogP contribution in [-0.4, -0.2) is 23.8 Å². The Balaban J connectivity index is 2.46. The molecular weight excluding hydrogens is 260 g/mol. The van der Waals surface area contributed by atoms with Crippen LogP contribution in [-0.2, 0) is 11.3 Å². The minimum Gasteiger partial charge on any atom is -0.462 e. The average molecular weight is 269 g/mol. The second-order valence-corrected chi connectivity index (χ2v) is 3.86. The molecule has 5 heteroatoms. The van der Waals surface area contributed by atoms with Gasteiger partial charge in [-0.1, -0.05) is 0 Å². The number of halogens is 1. The molecule has 15 heavy (non-hydrogen) atoms. The first kappa shape index (κ1) is 10.3. The third-order valence-corrected chi connectivity index (χ3v) is 2.47. The summed E-state index contributed by atoms with van der Waals surface area (Å²) < 4.78 is 5.59. The lowest BCUT2D eigenvalue weighted by molar-refractivity contribution is 0.0526. The lowest BCUT2D eigenvalue weighted by atomic mass is 10.1. The van der Waals surface area contributed by atoms with Gasteiger partial charge in [-0.3, -0.25) is 4.99 Å². The molecule has 4 nitrogen and oxygen atoms in total. The Morgan fingerprint density at radius 2 is 2.47 bits per heavy atom. The van der Waals surface area contributed by atoms with Crippen LogP contribution in [0.3, 0.4) is 0 Å². The summed E-state index contributed by atoms with van der Waals surface area (Å²) in [5.41, 5.74) is 2.11. The van der Waals surface area contributed by atoms with Gasteiger partial charge in [0.1, 0.15) is 4.60 Å². The number of nitrogens with zero attached hydrogens (tertiary/aromatic N) is 2. The summed E-state index contributed by atoms with van der Waals surface area (Å²) in [5, 5.41) is 0. The quantitative estimate of drug-likeness (QED) is 0.609. The smallest absolute Gasteiger partial charge is 0.338 e. The van der Waals surface area contributed by atoms with E-state index >= 15 is 0 Å². The average Bonchev–Trinajstić information content (AvgIpc) is 2.64. The molecule has 0 bridgehead atoms.